The molecule has 7 nitrogen and oxygen atoms in total. The second-order valence-electron chi connectivity index (χ2n) is 2.55. The van der Waals surface area contributed by atoms with Crippen LogP contribution in [0.4, 0.5) is 0 Å². The second kappa shape index (κ2) is 6.30. The molecule has 2 unspecified atom stereocenters. The number of methoxy groups -OCH3 is 1. The van der Waals surface area contributed by atoms with E-state index in [0.717, 1.165) is 0 Å². The highest BCUT2D eigenvalue weighted by molar-refractivity contribution is 5.84. The van der Waals surface area contributed by atoms with Crippen molar-refractivity contribution in [1.82, 2.24) is 5.32 Å². The summed E-state index contributed by atoms with van der Waals surface area (Å²) in [5, 5.41) is 28.3. The Morgan fingerprint density at radius 3 is 2.29 bits per heavy atom. The first kappa shape index (κ1) is 12.8. The maximum Gasteiger partial charge on any atom is 0.334 e. The summed E-state index contributed by atoms with van der Waals surface area (Å²) in [4.78, 5) is 20.8. The van der Waals surface area contributed by atoms with Crippen LogP contribution in [0.1, 0.15) is 0 Å². The summed E-state index contributed by atoms with van der Waals surface area (Å²) in [5.41, 5.74) is 0. The third kappa shape index (κ3) is 4.17. The monoisotopic (exact) mass is 207 g/mol. The normalized spacial score (nSPS) is 14.7. The molecule has 0 rings (SSSR count). The molecule has 0 aliphatic carbocycles. The molecule has 0 aromatic heterocycles. The Balaban J connectivity index is 4.15. The van der Waals surface area contributed by atoms with Crippen molar-refractivity contribution in [2.75, 3.05) is 20.3 Å². The highest BCUT2D eigenvalue weighted by Crippen LogP contribution is 1.94. The van der Waals surface area contributed by atoms with Crippen molar-refractivity contribution in [3.63, 3.8) is 0 Å². The number of hydrogen-bond acceptors (Lipinski definition) is 5. The molecule has 4 N–H and O–H groups in total. The standard InChI is InChI=1S/C7H13NO6/c1-14-3-2-8-4(6(10)11)5(9)7(12)13/h4-5,8-9H,2-3H2,1H3,(H,10,11)(H,12,13). The van der Waals surface area contributed by atoms with Gasteiger partial charge in [-0.25, -0.2) is 4.79 Å². The zero-order valence-electron chi connectivity index (χ0n) is 7.64. The number of carboxylic acid groups (broad SMARTS) is 2. The lowest BCUT2D eigenvalue weighted by molar-refractivity contribution is -0.156. The summed E-state index contributed by atoms with van der Waals surface area (Å²) >= 11 is 0. The molecule has 2 atom stereocenters. The molecule has 14 heavy (non-hydrogen) atoms. The molecule has 0 amide bonds. The number of aliphatic hydroxyl groups is 1. The smallest absolute Gasteiger partial charge is 0.334 e. The topological polar surface area (TPSA) is 116 Å². The average molecular weight is 207 g/mol. The van der Waals surface area contributed by atoms with Gasteiger partial charge in [0, 0.05) is 13.7 Å². The van der Waals surface area contributed by atoms with Crippen molar-refractivity contribution in [2.24, 2.45) is 0 Å². The van der Waals surface area contributed by atoms with E-state index in [1.54, 1.807) is 0 Å². The molecule has 0 saturated heterocycles. The van der Waals surface area contributed by atoms with Gasteiger partial charge in [0.2, 0.25) is 0 Å². The predicted molar refractivity (Wildman–Crippen MR) is 44.9 cm³/mol. The molecule has 0 fully saturated rings. The van der Waals surface area contributed by atoms with Crippen LogP contribution < -0.4 is 5.32 Å². The maximum absolute atomic E-state index is 10.5. The van der Waals surface area contributed by atoms with Crippen LogP contribution >= 0.6 is 0 Å². The van der Waals surface area contributed by atoms with Crippen molar-refractivity contribution in [1.29, 1.82) is 0 Å². The molecular weight excluding hydrogens is 194 g/mol. The highest BCUT2D eigenvalue weighted by Gasteiger charge is 2.31. The van der Waals surface area contributed by atoms with E-state index in [4.69, 9.17) is 15.3 Å². The van der Waals surface area contributed by atoms with Gasteiger partial charge in [-0.2, -0.15) is 0 Å². The molecule has 0 aliphatic heterocycles. The van der Waals surface area contributed by atoms with Gasteiger partial charge in [-0.15, -0.1) is 0 Å². The lowest BCUT2D eigenvalue weighted by Crippen LogP contribution is -2.50. The molecule has 0 bridgehead atoms. The minimum atomic E-state index is -1.97. The lowest BCUT2D eigenvalue weighted by atomic mass is 10.1. The summed E-state index contributed by atoms with van der Waals surface area (Å²) in [6.45, 7) is 0.383. The summed E-state index contributed by atoms with van der Waals surface area (Å²) in [5.74, 6) is -3.00. The van der Waals surface area contributed by atoms with E-state index in [1.165, 1.54) is 7.11 Å². The quantitative estimate of drug-likeness (QED) is 0.361. The summed E-state index contributed by atoms with van der Waals surface area (Å²) in [6, 6.07) is -1.53. The predicted octanol–water partition coefficient (Wildman–Crippen LogP) is -1.88. The molecule has 0 spiro atoms. The molecule has 7 heteroatoms. The first-order chi connectivity index (χ1) is 6.50. The van der Waals surface area contributed by atoms with Crippen LogP contribution in [0.3, 0.4) is 0 Å². The van der Waals surface area contributed by atoms with Gasteiger partial charge in [0.05, 0.1) is 6.61 Å². The third-order valence-electron chi connectivity index (χ3n) is 1.51. The first-order valence-corrected chi connectivity index (χ1v) is 3.86. The molecular formula is C7H13NO6. The Labute approximate surface area is 80.3 Å². The molecule has 0 aromatic rings. The second-order valence-corrected chi connectivity index (χ2v) is 2.55. The van der Waals surface area contributed by atoms with Crippen molar-refractivity contribution in [3.8, 4) is 0 Å². The largest absolute Gasteiger partial charge is 0.480 e. The Morgan fingerprint density at radius 1 is 1.36 bits per heavy atom. The molecule has 0 aliphatic rings. The molecule has 0 heterocycles. The Hall–Kier alpha value is -1.18. The van der Waals surface area contributed by atoms with E-state index in [0.29, 0.717) is 0 Å². The number of rotatable bonds is 7. The van der Waals surface area contributed by atoms with Gasteiger partial charge < -0.3 is 20.1 Å². The van der Waals surface area contributed by atoms with Gasteiger partial charge in [0.1, 0.15) is 6.04 Å². The molecule has 0 radical (unpaired) electrons. The fraction of sp³-hybridized carbons (Fsp3) is 0.714. The number of hydrogen-bond donors (Lipinski definition) is 4. The van der Waals surface area contributed by atoms with Crippen LogP contribution in [0.5, 0.6) is 0 Å². The van der Waals surface area contributed by atoms with Gasteiger partial charge in [-0.05, 0) is 0 Å². The van der Waals surface area contributed by atoms with E-state index in [1.807, 2.05) is 0 Å². The Morgan fingerprint density at radius 2 is 1.93 bits per heavy atom. The number of ether oxygens (including phenoxy) is 1. The SMILES string of the molecule is COCCNC(C(=O)O)C(O)C(=O)O. The van der Waals surface area contributed by atoms with E-state index in [9.17, 15) is 9.59 Å². The zero-order chi connectivity index (χ0) is 11.1. The van der Waals surface area contributed by atoms with Gasteiger partial charge in [0.15, 0.2) is 6.10 Å². The van der Waals surface area contributed by atoms with Crippen LogP contribution in [0.15, 0.2) is 0 Å². The van der Waals surface area contributed by atoms with E-state index in [-0.39, 0.29) is 13.2 Å². The van der Waals surface area contributed by atoms with Gasteiger partial charge >= 0.3 is 11.9 Å². The highest BCUT2D eigenvalue weighted by atomic mass is 16.5. The van der Waals surface area contributed by atoms with Gasteiger partial charge in [0.25, 0.3) is 0 Å². The fourth-order valence-corrected chi connectivity index (χ4v) is 0.793. The van der Waals surface area contributed by atoms with Crippen LogP contribution in [0.2, 0.25) is 0 Å². The van der Waals surface area contributed by atoms with E-state index in [2.05, 4.69) is 10.1 Å². The van der Waals surface area contributed by atoms with Crippen molar-refractivity contribution in [3.05, 3.63) is 0 Å². The number of nitrogens with one attached hydrogen (secondary N) is 1. The Bertz CT molecular complexity index is 206. The van der Waals surface area contributed by atoms with Crippen LogP contribution in [0.25, 0.3) is 0 Å². The summed E-state index contributed by atoms with van der Waals surface area (Å²) in [6.07, 6.45) is -1.97. The molecule has 0 aromatic carbocycles. The van der Waals surface area contributed by atoms with Gasteiger partial charge in [-0.1, -0.05) is 0 Å². The minimum Gasteiger partial charge on any atom is -0.480 e. The molecule has 0 saturated carbocycles. The van der Waals surface area contributed by atoms with Crippen LogP contribution in [-0.4, -0.2) is 59.7 Å². The van der Waals surface area contributed by atoms with E-state index >= 15 is 0 Å². The van der Waals surface area contributed by atoms with Crippen LogP contribution in [-0.2, 0) is 14.3 Å². The van der Waals surface area contributed by atoms with Gasteiger partial charge in [-0.3, -0.25) is 10.1 Å². The number of carbonyl (C=O) groups is 2. The lowest BCUT2D eigenvalue weighted by Gasteiger charge is -2.16. The van der Waals surface area contributed by atoms with E-state index < -0.39 is 24.1 Å². The number of carboxylic acids is 2. The zero-order valence-corrected chi connectivity index (χ0v) is 7.64. The van der Waals surface area contributed by atoms with Crippen molar-refractivity contribution < 1.29 is 29.6 Å². The van der Waals surface area contributed by atoms with Crippen LogP contribution in [0, 0.1) is 0 Å². The maximum atomic E-state index is 10.5. The Kier molecular flexibility index (Phi) is 5.77. The third-order valence-corrected chi connectivity index (χ3v) is 1.51. The summed E-state index contributed by atoms with van der Waals surface area (Å²) < 4.78 is 4.63. The minimum absolute atomic E-state index is 0.151. The summed E-state index contributed by atoms with van der Waals surface area (Å²) in [7, 11) is 1.42. The number of aliphatic hydroxyl groups excluding tert-OH is 1. The van der Waals surface area contributed by atoms with Crippen molar-refractivity contribution >= 4 is 11.9 Å². The first-order valence-electron chi connectivity index (χ1n) is 3.86. The molecule has 82 valence electrons. The number of aliphatic carboxylic acids is 2. The van der Waals surface area contributed by atoms with Crippen molar-refractivity contribution in [2.45, 2.75) is 12.1 Å². The fourth-order valence-electron chi connectivity index (χ4n) is 0.793. The average Bonchev–Trinajstić information content (AvgIpc) is 2.10.